The van der Waals surface area contributed by atoms with Gasteiger partial charge in [0, 0.05) is 32.3 Å². The van der Waals surface area contributed by atoms with Crippen molar-refractivity contribution in [2.24, 2.45) is 0 Å². The third kappa shape index (κ3) is 2.15. The summed E-state index contributed by atoms with van der Waals surface area (Å²) in [6.45, 7) is 0. The van der Waals surface area contributed by atoms with E-state index < -0.39 is 0 Å². The minimum Gasteiger partial charge on any atom is -0.308 e. The fourth-order valence-electron chi connectivity index (χ4n) is 6.53. The van der Waals surface area contributed by atoms with Gasteiger partial charge in [-0.1, -0.05) is 42.5 Å². The van der Waals surface area contributed by atoms with E-state index in [4.69, 9.17) is 4.98 Å². The van der Waals surface area contributed by atoms with Crippen LogP contribution in [-0.4, -0.2) is 13.8 Å². The highest BCUT2D eigenvalue weighted by molar-refractivity contribution is 6.36. The fraction of sp³-hybridized carbons (Fsp3) is 0. The molecular weight excluding hydrogens is 466 g/mol. The van der Waals surface area contributed by atoms with Gasteiger partial charge in [0.1, 0.15) is 5.65 Å². The molecule has 0 saturated carbocycles. The molecule has 4 aromatic heterocycles. The molecule has 0 fully saturated rings. The van der Waals surface area contributed by atoms with E-state index in [1.807, 2.05) is 36.4 Å². The highest BCUT2D eigenvalue weighted by atomic mass is 15.0. The number of fused-ring (bicyclic) bond motifs is 15. The molecule has 0 N–H and O–H groups in total. The van der Waals surface area contributed by atoms with Crippen LogP contribution in [0.1, 0.15) is 11.1 Å². The number of benzene rings is 5. The molecule has 9 rings (SSSR count). The second-order valence-corrected chi connectivity index (χ2v) is 9.87. The molecule has 5 aromatic carbocycles. The quantitative estimate of drug-likeness (QED) is 0.209. The molecule has 5 nitrogen and oxygen atoms in total. The van der Waals surface area contributed by atoms with Crippen molar-refractivity contribution < 1.29 is 0 Å². The monoisotopic (exact) mass is 481 g/mol. The lowest BCUT2D eigenvalue weighted by Crippen LogP contribution is -1.92. The number of pyridine rings is 1. The predicted octanol–water partition coefficient (Wildman–Crippen LogP) is 7.69. The average molecular weight is 482 g/mol. The van der Waals surface area contributed by atoms with E-state index in [0.717, 1.165) is 76.5 Å². The van der Waals surface area contributed by atoms with Crippen molar-refractivity contribution in [1.82, 2.24) is 13.8 Å². The molecule has 0 saturated heterocycles. The summed E-state index contributed by atoms with van der Waals surface area (Å²) in [5, 5.41) is 27.2. The summed E-state index contributed by atoms with van der Waals surface area (Å²) in [5.74, 6) is 0. The smallest absolute Gasteiger partial charge is 0.147 e. The van der Waals surface area contributed by atoms with Crippen LogP contribution in [0, 0.1) is 22.7 Å². The first kappa shape index (κ1) is 19.5. The van der Waals surface area contributed by atoms with Crippen LogP contribution in [0.4, 0.5) is 0 Å². The minimum absolute atomic E-state index is 0.606. The van der Waals surface area contributed by atoms with Crippen LogP contribution in [0.5, 0.6) is 0 Å². The van der Waals surface area contributed by atoms with Crippen LogP contribution in [0.3, 0.4) is 0 Å². The van der Waals surface area contributed by atoms with Crippen molar-refractivity contribution in [1.29, 1.82) is 10.5 Å². The molecule has 0 amide bonds. The van der Waals surface area contributed by atoms with Crippen molar-refractivity contribution in [2.45, 2.75) is 0 Å². The molecular formula is C33H15N5. The molecule has 9 aromatic rings. The molecule has 0 aliphatic rings. The standard InChI is InChI=1S/C33H15N5/c34-16-18-9-11-21-24-15-23-20-5-1-3-7-26(20)38-27-8-4-2-6-25(27)36-33(38)31(23)30-22-12-10-19(17-35)14-29(22)37(32(24)30)28(21)13-18/h1-15H. The zero-order valence-corrected chi connectivity index (χ0v) is 19.9. The number of hydrogen-bond donors (Lipinski definition) is 0. The van der Waals surface area contributed by atoms with Gasteiger partial charge in [-0.25, -0.2) is 4.98 Å². The Morgan fingerprint density at radius 2 is 1.18 bits per heavy atom. The largest absolute Gasteiger partial charge is 0.308 e. The van der Waals surface area contributed by atoms with E-state index in [-0.39, 0.29) is 0 Å². The normalized spacial score (nSPS) is 12.2. The fourth-order valence-corrected chi connectivity index (χ4v) is 6.53. The van der Waals surface area contributed by atoms with Gasteiger partial charge in [-0.05, 0) is 53.9 Å². The Labute approximate surface area is 214 Å². The van der Waals surface area contributed by atoms with Gasteiger partial charge in [-0.2, -0.15) is 10.5 Å². The SMILES string of the molecule is N#Cc1ccc2c3cc4c5ccccc5n5c6ccccc6nc5c4c4c5ccc(C#N)cc5n(c2c1)c34. The lowest BCUT2D eigenvalue weighted by Gasteiger charge is -2.11. The molecule has 0 spiro atoms. The van der Waals surface area contributed by atoms with E-state index in [0.29, 0.717) is 11.1 Å². The van der Waals surface area contributed by atoms with E-state index in [9.17, 15) is 10.5 Å². The van der Waals surface area contributed by atoms with Crippen molar-refractivity contribution in [2.75, 3.05) is 0 Å². The van der Waals surface area contributed by atoms with Crippen LogP contribution in [0.2, 0.25) is 0 Å². The summed E-state index contributed by atoms with van der Waals surface area (Å²) in [7, 11) is 0. The third-order valence-electron chi connectivity index (χ3n) is 8.04. The summed E-state index contributed by atoms with van der Waals surface area (Å²) >= 11 is 0. The third-order valence-corrected chi connectivity index (χ3v) is 8.04. The Kier molecular flexibility index (Phi) is 3.37. The van der Waals surface area contributed by atoms with E-state index in [1.54, 1.807) is 0 Å². The zero-order chi connectivity index (χ0) is 25.1. The zero-order valence-electron chi connectivity index (χ0n) is 19.9. The van der Waals surface area contributed by atoms with Gasteiger partial charge in [0.15, 0.2) is 0 Å². The molecule has 0 aliphatic carbocycles. The summed E-state index contributed by atoms with van der Waals surface area (Å²) in [4.78, 5) is 5.18. The number of nitriles is 2. The number of nitrogens with zero attached hydrogens (tertiary/aromatic N) is 5. The summed E-state index contributed by atoms with van der Waals surface area (Å²) < 4.78 is 4.50. The second kappa shape index (κ2) is 6.56. The second-order valence-electron chi connectivity index (χ2n) is 9.87. The maximum Gasteiger partial charge on any atom is 0.147 e. The van der Waals surface area contributed by atoms with Crippen molar-refractivity contribution in [3.63, 3.8) is 0 Å². The average Bonchev–Trinajstić information content (AvgIpc) is 3.62. The predicted molar refractivity (Wildman–Crippen MR) is 152 cm³/mol. The van der Waals surface area contributed by atoms with E-state index in [2.05, 4.69) is 75.5 Å². The molecule has 5 heteroatoms. The van der Waals surface area contributed by atoms with Crippen LogP contribution in [-0.2, 0) is 0 Å². The van der Waals surface area contributed by atoms with Crippen LogP contribution in [0.15, 0.2) is 91.0 Å². The molecule has 4 heterocycles. The highest BCUT2D eigenvalue weighted by Crippen LogP contribution is 2.46. The van der Waals surface area contributed by atoms with Gasteiger partial charge in [0.2, 0.25) is 0 Å². The van der Waals surface area contributed by atoms with Gasteiger partial charge in [0.05, 0.1) is 56.4 Å². The van der Waals surface area contributed by atoms with E-state index >= 15 is 0 Å². The van der Waals surface area contributed by atoms with Gasteiger partial charge in [-0.15, -0.1) is 0 Å². The number of imidazole rings is 1. The summed E-state index contributed by atoms with van der Waals surface area (Å²) in [6, 6.07) is 35.5. The molecule has 38 heavy (non-hydrogen) atoms. The van der Waals surface area contributed by atoms with Crippen LogP contribution in [0.25, 0.3) is 76.5 Å². The van der Waals surface area contributed by atoms with Gasteiger partial charge in [0.25, 0.3) is 0 Å². The van der Waals surface area contributed by atoms with Crippen LogP contribution >= 0.6 is 0 Å². The minimum atomic E-state index is 0.606. The van der Waals surface area contributed by atoms with Crippen molar-refractivity contribution >= 4 is 76.5 Å². The lowest BCUT2D eigenvalue weighted by molar-refractivity contribution is 1.32. The molecule has 172 valence electrons. The molecule has 0 aliphatic heterocycles. The van der Waals surface area contributed by atoms with Gasteiger partial charge < -0.3 is 4.40 Å². The highest BCUT2D eigenvalue weighted by Gasteiger charge is 2.24. The Hall–Kier alpha value is -5.65. The summed E-state index contributed by atoms with van der Waals surface area (Å²) in [5.41, 5.74) is 8.31. The molecule has 0 bridgehead atoms. The van der Waals surface area contributed by atoms with E-state index in [1.165, 1.54) is 0 Å². The molecule has 0 unspecified atom stereocenters. The first-order chi connectivity index (χ1) is 18.8. The summed E-state index contributed by atoms with van der Waals surface area (Å²) in [6.07, 6.45) is 0. The number of hydrogen-bond acceptors (Lipinski definition) is 3. The number of rotatable bonds is 0. The molecule has 0 atom stereocenters. The van der Waals surface area contributed by atoms with Gasteiger partial charge >= 0.3 is 0 Å². The number of para-hydroxylation sites is 3. The Morgan fingerprint density at radius 1 is 0.526 bits per heavy atom. The lowest BCUT2D eigenvalue weighted by atomic mass is 9.97. The van der Waals surface area contributed by atoms with Gasteiger partial charge in [-0.3, -0.25) is 4.40 Å². The molecule has 0 radical (unpaired) electrons. The topological polar surface area (TPSA) is 69.3 Å². The first-order valence-corrected chi connectivity index (χ1v) is 12.4. The van der Waals surface area contributed by atoms with Crippen molar-refractivity contribution in [3.8, 4) is 12.1 Å². The maximum absolute atomic E-state index is 9.72. The maximum atomic E-state index is 9.72. The van der Waals surface area contributed by atoms with Crippen molar-refractivity contribution in [3.05, 3.63) is 102 Å². The number of aromatic nitrogens is 3. The Morgan fingerprint density at radius 3 is 1.97 bits per heavy atom. The first-order valence-electron chi connectivity index (χ1n) is 12.4. The Bertz CT molecular complexity index is 2580. The Balaban J connectivity index is 1.70. The van der Waals surface area contributed by atoms with Crippen LogP contribution < -0.4 is 0 Å².